The van der Waals surface area contributed by atoms with E-state index in [1.807, 2.05) is 6.92 Å². The number of carbonyl (C=O) groups is 1. The standard InChI is InChI=1S/C8H16O4.C5H12O3/c1-3-10-4-5-11-6-7-12-8(2)9;1-7-4-5-8-3-2-6/h3-7H2,1-2H3;6H,2-5H2,1H3. The van der Waals surface area contributed by atoms with Crippen LogP contribution in [-0.4, -0.2) is 77.6 Å². The lowest BCUT2D eigenvalue weighted by atomic mass is 10.7. The Labute approximate surface area is 121 Å². The van der Waals surface area contributed by atoms with Gasteiger partial charge in [-0.2, -0.15) is 0 Å². The lowest BCUT2D eigenvalue weighted by molar-refractivity contribution is -0.142. The highest BCUT2D eigenvalue weighted by atomic mass is 16.6. The topological polar surface area (TPSA) is 83.5 Å². The van der Waals surface area contributed by atoms with Crippen LogP contribution in [-0.2, 0) is 28.5 Å². The van der Waals surface area contributed by atoms with E-state index < -0.39 is 0 Å². The van der Waals surface area contributed by atoms with Gasteiger partial charge in [0.15, 0.2) is 0 Å². The molecule has 0 amide bonds. The van der Waals surface area contributed by atoms with E-state index in [1.165, 1.54) is 6.92 Å². The van der Waals surface area contributed by atoms with Crippen molar-refractivity contribution in [3.63, 3.8) is 0 Å². The van der Waals surface area contributed by atoms with Gasteiger partial charge in [-0.3, -0.25) is 4.79 Å². The molecule has 0 aliphatic heterocycles. The molecule has 0 fully saturated rings. The second-order valence-electron chi connectivity index (χ2n) is 3.48. The predicted molar refractivity (Wildman–Crippen MR) is 73.7 cm³/mol. The zero-order chi connectivity index (χ0) is 15.5. The molecule has 0 rings (SSSR count). The average Bonchev–Trinajstić information content (AvgIpc) is 2.43. The lowest BCUT2D eigenvalue weighted by Gasteiger charge is -2.03. The Morgan fingerprint density at radius 3 is 2.00 bits per heavy atom. The normalized spacial score (nSPS) is 9.80. The van der Waals surface area contributed by atoms with Crippen LogP contribution in [0.3, 0.4) is 0 Å². The fraction of sp³-hybridized carbons (Fsp3) is 0.923. The predicted octanol–water partition coefficient (Wildman–Crippen LogP) is 0.244. The molecule has 0 bridgehead atoms. The summed E-state index contributed by atoms with van der Waals surface area (Å²) >= 11 is 0. The molecule has 0 aliphatic carbocycles. The smallest absolute Gasteiger partial charge is 0.302 e. The quantitative estimate of drug-likeness (QED) is 0.408. The van der Waals surface area contributed by atoms with E-state index in [0.717, 1.165) is 0 Å². The third-order valence-electron chi connectivity index (χ3n) is 1.78. The lowest BCUT2D eigenvalue weighted by Crippen LogP contribution is -2.10. The summed E-state index contributed by atoms with van der Waals surface area (Å²) < 4.78 is 24.3. The Balaban J connectivity index is 0. The number of carbonyl (C=O) groups excluding carboxylic acids is 1. The molecular formula is C13H28O7. The first-order valence-electron chi connectivity index (χ1n) is 6.65. The van der Waals surface area contributed by atoms with Crippen molar-refractivity contribution in [2.45, 2.75) is 13.8 Å². The molecule has 0 aromatic rings. The first-order valence-corrected chi connectivity index (χ1v) is 6.65. The first-order chi connectivity index (χ1) is 9.68. The third kappa shape index (κ3) is 26.0. The Morgan fingerprint density at radius 2 is 1.45 bits per heavy atom. The Hall–Kier alpha value is -0.730. The Morgan fingerprint density at radius 1 is 0.900 bits per heavy atom. The molecule has 0 atom stereocenters. The summed E-state index contributed by atoms with van der Waals surface area (Å²) in [6.45, 7) is 7.57. The number of esters is 1. The van der Waals surface area contributed by atoms with Crippen LogP contribution in [0, 0.1) is 0 Å². The number of hydrogen-bond acceptors (Lipinski definition) is 7. The average molecular weight is 296 g/mol. The zero-order valence-corrected chi connectivity index (χ0v) is 12.8. The maximum Gasteiger partial charge on any atom is 0.302 e. The summed E-state index contributed by atoms with van der Waals surface area (Å²) in [5, 5.41) is 8.20. The Kier molecular flexibility index (Phi) is 22.2. The van der Waals surface area contributed by atoms with E-state index in [0.29, 0.717) is 52.9 Å². The molecule has 1 N–H and O–H groups in total. The van der Waals surface area contributed by atoms with Gasteiger partial charge in [-0.15, -0.1) is 0 Å². The molecule has 0 saturated carbocycles. The minimum Gasteiger partial charge on any atom is -0.463 e. The van der Waals surface area contributed by atoms with Crippen molar-refractivity contribution in [3.05, 3.63) is 0 Å². The van der Waals surface area contributed by atoms with E-state index in [1.54, 1.807) is 7.11 Å². The molecule has 0 aromatic carbocycles. The van der Waals surface area contributed by atoms with Crippen molar-refractivity contribution in [2.75, 3.05) is 66.6 Å². The van der Waals surface area contributed by atoms with Crippen molar-refractivity contribution in [1.29, 1.82) is 0 Å². The monoisotopic (exact) mass is 296 g/mol. The number of hydrogen-bond donors (Lipinski definition) is 1. The van der Waals surface area contributed by atoms with Crippen LogP contribution in [0.2, 0.25) is 0 Å². The van der Waals surface area contributed by atoms with Gasteiger partial charge < -0.3 is 28.8 Å². The summed E-state index contributed by atoms with van der Waals surface area (Å²) in [6, 6.07) is 0. The number of methoxy groups -OCH3 is 1. The first kappa shape index (κ1) is 21.6. The van der Waals surface area contributed by atoms with Crippen LogP contribution in [0.15, 0.2) is 0 Å². The number of ether oxygens (including phenoxy) is 5. The van der Waals surface area contributed by atoms with Gasteiger partial charge in [-0.05, 0) is 6.92 Å². The fourth-order valence-electron chi connectivity index (χ4n) is 0.917. The van der Waals surface area contributed by atoms with Gasteiger partial charge in [0.05, 0.1) is 46.2 Å². The highest BCUT2D eigenvalue weighted by molar-refractivity contribution is 5.65. The van der Waals surface area contributed by atoms with E-state index in [-0.39, 0.29) is 12.6 Å². The molecule has 20 heavy (non-hydrogen) atoms. The molecule has 0 aromatic heterocycles. The van der Waals surface area contributed by atoms with Crippen molar-refractivity contribution >= 4 is 5.97 Å². The van der Waals surface area contributed by atoms with Crippen molar-refractivity contribution in [1.82, 2.24) is 0 Å². The molecule has 0 aliphatic rings. The van der Waals surface area contributed by atoms with E-state index >= 15 is 0 Å². The molecule has 7 nitrogen and oxygen atoms in total. The minimum absolute atomic E-state index is 0.0870. The summed E-state index contributed by atoms with van der Waals surface area (Å²) in [4.78, 5) is 10.3. The molecule has 0 radical (unpaired) electrons. The van der Waals surface area contributed by atoms with Gasteiger partial charge in [0.2, 0.25) is 0 Å². The maximum atomic E-state index is 10.3. The van der Waals surface area contributed by atoms with Crippen LogP contribution in [0.4, 0.5) is 0 Å². The third-order valence-corrected chi connectivity index (χ3v) is 1.78. The van der Waals surface area contributed by atoms with Gasteiger partial charge in [0.1, 0.15) is 6.61 Å². The van der Waals surface area contributed by atoms with Crippen molar-refractivity contribution < 1.29 is 33.6 Å². The number of aliphatic hydroxyl groups excluding tert-OH is 1. The highest BCUT2D eigenvalue weighted by Gasteiger charge is 1.92. The van der Waals surface area contributed by atoms with Crippen LogP contribution in [0.25, 0.3) is 0 Å². The van der Waals surface area contributed by atoms with Gasteiger partial charge in [-0.1, -0.05) is 0 Å². The van der Waals surface area contributed by atoms with Crippen LogP contribution in [0.1, 0.15) is 13.8 Å². The second kappa shape index (κ2) is 20.6. The zero-order valence-electron chi connectivity index (χ0n) is 12.8. The van der Waals surface area contributed by atoms with E-state index in [9.17, 15) is 4.79 Å². The molecule has 122 valence electrons. The van der Waals surface area contributed by atoms with Gasteiger partial charge in [0.25, 0.3) is 0 Å². The fourth-order valence-corrected chi connectivity index (χ4v) is 0.917. The molecule has 0 spiro atoms. The molecule has 0 saturated heterocycles. The molecular weight excluding hydrogens is 268 g/mol. The van der Waals surface area contributed by atoms with Crippen molar-refractivity contribution in [3.8, 4) is 0 Å². The summed E-state index contributed by atoms with van der Waals surface area (Å²) in [7, 11) is 1.61. The number of aliphatic hydroxyl groups is 1. The van der Waals surface area contributed by atoms with Gasteiger partial charge in [-0.25, -0.2) is 0 Å². The summed E-state index contributed by atoms with van der Waals surface area (Å²) in [5.41, 5.74) is 0. The van der Waals surface area contributed by atoms with Crippen LogP contribution < -0.4 is 0 Å². The van der Waals surface area contributed by atoms with Crippen LogP contribution in [0.5, 0.6) is 0 Å². The summed E-state index contributed by atoms with van der Waals surface area (Å²) in [5.74, 6) is -0.275. The number of rotatable bonds is 12. The van der Waals surface area contributed by atoms with E-state index in [2.05, 4.69) is 9.47 Å². The molecule has 0 unspecified atom stereocenters. The maximum absolute atomic E-state index is 10.3. The Bertz CT molecular complexity index is 182. The van der Waals surface area contributed by atoms with Gasteiger partial charge in [0, 0.05) is 20.6 Å². The minimum atomic E-state index is -0.275. The summed E-state index contributed by atoms with van der Waals surface area (Å²) in [6.07, 6.45) is 0. The second-order valence-corrected chi connectivity index (χ2v) is 3.48. The van der Waals surface area contributed by atoms with Crippen molar-refractivity contribution in [2.24, 2.45) is 0 Å². The van der Waals surface area contributed by atoms with Gasteiger partial charge >= 0.3 is 5.97 Å². The molecule has 0 heterocycles. The molecule has 7 heteroatoms. The highest BCUT2D eigenvalue weighted by Crippen LogP contribution is 1.80. The van der Waals surface area contributed by atoms with Crippen LogP contribution >= 0.6 is 0 Å². The van der Waals surface area contributed by atoms with E-state index in [4.69, 9.17) is 19.3 Å². The largest absolute Gasteiger partial charge is 0.463 e. The SMILES string of the molecule is CCOCCOCCOC(C)=O.COCCOCCO.